The van der Waals surface area contributed by atoms with Crippen molar-refractivity contribution in [3.05, 3.63) is 49.6 Å². The quantitative estimate of drug-likeness (QED) is 0.600. The third kappa shape index (κ3) is 4.10. The predicted octanol–water partition coefficient (Wildman–Crippen LogP) is 4.72. The zero-order valence-electron chi connectivity index (χ0n) is 11.4. The minimum Gasteiger partial charge on any atom is -0.495 e. The summed E-state index contributed by atoms with van der Waals surface area (Å²) in [5.41, 5.74) is 0.407. The van der Waals surface area contributed by atoms with Gasteiger partial charge in [-0.1, -0.05) is 11.6 Å². The molecule has 0 radical (unpaired) electrons. The summed E-state index contributed by atoms with van der Waals surface area (Å²) < 4.78 is 6.08. The molecule has 2 aromatic rings. The van der Waals surface area contributed by atoms with Crippen LogP contribution in [0.3, 0.4) is 0 Å². The highest BCUT2D eigenvalue weighted by Crippen LogP contribution is 2.28. The first kappa shape index (κ1) is 16.6. The van der Waals surface area contributed by atoms with Gasteiger partial charge in [-0.15, -0.1) is 11.3 Å². The van der Waals surface area contributed by atoms with Crippen LogP contribution in [-0.2, 0) is 4.79 Å². The molecule has 112 valence electrons. The topological polar surface area (TPSA) is 62.1 Å². The number of hydrogen-bond donors (Lipinski definition) is 1. The smallest absolute Gasteiger partial charge is 0.266 e. The second-order valence-corrected chi connectivity index (χ2v) is 7.04. The van der Waals surface area contributed by atoms with Crippen molar-refractivity contribution in [1.82, 2.24) is 0 Å². The highest BCUT2D eigenvalue weighted by molar-refractivity contribution is 9.11. The molecular formula is C15H10BrClN2O2S. The van der Waals surface area contributed by atoms with Crippen molar-refractivity contribution in [3.63, 3.8) is 0 Å². The Balaban J connectivity index is 2.25. The number of methoxy groups -OCH3 is 1. The lowest BCUT2D eigenvalue weighted by Gasteiger charge is -2.10. The maximum atomic E-state index is 12.2. The minimum atomic E-state index is -0.521. The van der Waals surface area contributed by atoms with Crippen LogP contribution < -0.4 is 10.1 Å². The first-order chi connectivity index (χ1) is 10.5. The van der Waals surface area contributed by atoms with Gasteiger partial charge in [0.05, 0.1) is 16.6 Å². The molecule has 0 unspecified atom stereocenters. The fourth-order valence-corrected chi connectivity index (χ4v) is 3.20. The molecule has 1 N–H and O–H groups in total. The number of amides is 1. The summed E-state index contributed by atoms with van der Waals surface area (Å²) in [6.45, 7) is 0. The molecule has 0 aliphatic rings. The van der Waals surface area contributed by atoms with Crippen LogP contribution in [0.15, 0.2) is 39.7 Å². The molecule has 2 rings (SSSR count). The van der Waals surface area contributed by atoms with Crippen LogP contribution in [0.2, 0.25) is 5.02 Å². The van der Waals surface area contributed by atoms with E-state index in [1.165, 1.54) is 24.5 Å². The number of nitrogens with one attached hydrogen (secondary N) is 1. The number of ether oxygens (including phenoxy) is 1. The molecule has 0 aliphatic heterocycles. The predicted molar refractivity (Wildman–Crippen MR) is 92.2 cm³/mol. The lowest BCUT2D eigenvalue weighted by Crippen LogP contribution is -2.14. The van der Waals surface area contributed by atoms with Crippen LogP contribution in [0.25, 0.3) is 6.08 Å². The number of thiophene rings is 1. The third-order valence-electron chi connectivity index (χ3n) is 2.66. The Kier molecular flexibility index (Phi) is 5.61. The van der Waals surface area contributed by atoms with E-state index in [9.17, 15) is 10.1 Å². The van der Waals surface area contributed by atoms with E-state index in [4.69, 9.17) is 16.3 Å². The maximum absolute atomic E-state index is 12.2. The summed E-state index contributed by atoms with van der Waals surface area (Å²) in [5.74, 6) is -0.0542. The molecular weight excluding hydrogens is 388 g/mol. The third-order valence-corrected chi connectivity index (χ3v) is 4.46. The molecule has 0 saturated heterocycles. The van der Waals surface area contributed by atoms with Gasteiger partial charge in [-0.2, -0.15) is 5.26 Å². The maximum Gasteiger partial charge on any atom is 0.266 e. The van der Waals surface area contributed by atoms with Crippen LogP contribution >= 0.6 is 38.9 Å². The monoisotopic (exact) mass is 396 g/mol. The molecule has 1 amide bonds. The van der Waals surface area contributed by atoms with Gasteiger partial charge in [0, 0.05) is 9.90 Å². The fourth-order valence-electron chi connectivity index (χ4n) is 1.66. The Bertz CT molecular complexity index is 780. The van der Waals surface area contributed by atoms with Gasteiger partial charge in [0.1, 0.15) is 17.4 Å². The number of rotatable bonds is 4. The molecule has 1 aromatic carbocycles. The van der Waals surface area contributed by atoms with Crippen molar-refractivity contribution in [2.45, 2.75) is 0 Å². The van der Waals surface area contributed by atoms with Crippen LogP contribution in [0.4, 0.5) is 5.69 Å². The number of anilines is 1. The van der Waals surface area contributed by atoms with E-state index in [0.717, 1.165) is 8.66 Å². The van der Waals surface area contributed by atoms with Crippen molar-refractivity contribution in [2.24, 2.45) is 0 Å². The number of carbonyl (C=O) groups is 1. The number of nitriles is 1. The van der Waals surface area contributed by atoms with E-state index in [0.29, 0.717) is 16.5 Å². The van der Waals surface area contributed by atoms with Gasteiger partial charge in [-0.25, -0.2) is 0 Å². The van der Waals surface area contributed by atoms with Crippen molar-refractivity contribution in [3.8, 4) is 11.8 Å². The van der Waals surface area contributed by atoms with Crippen molar-refractivity contribution in [1.29, 1.82) is 5.26 Å². The van der Waals surface area contributed by atoms with E-state index < -0.39 is 5.91 Å². The standard InChI is InChI=1S/C15H10BrClN2O2S/c1-21-13-4-2-10(17)7-12(13)19-15(20)9(8-18)6-11-3-5-14(16)22-11/h2-7H,1H3,(H,19,20). The van der Waals surface area contributed by atoms with Gasteiger partial charge >= 0.3 is 0 Å². The number of hydrogen-bond acceptors (Lipinski definition) is 4. The average molecular weight is 398 g/mol. The Morgan fingerprint density at radius 3 is 2.82 bits per heavy atom. The number of halogens is 2. The SMILES string of the molecule is COc1ccc(Cl)cc1NC(=O)C(C#N)=Cc1ccc(Br)s1. The van der Waals surface area contributed by atoms with Gasteiger partial charge in [0.2, 0.25) is 0 Å². The van der Waals surface area contributed by atoms with Gasteiger partial charge in [0.15, 0.2) is 0 Å². The van der Waals surface area contributed by atoms with E-state index in [1.807, 2.05) is 18.2 Å². The summed E-state index contributed by atoms with van der Waals surface area (Å²) in [4.78, 5) is 13.0. The van der Waals surface area contributed by atoms with Crippen LogP contribution in [0.1, 0.15) is 4.88 Å². The molecule has 1 heterocycles. The van der Waals surface area contributed by atoms with Crippen molar-refractivity contribution < 1.29 is 9.53 Å². The van der Waals surface area contributed by atoms with E-state index >= 15 is 0 Å². The summed E-state index contributed by atoms with van der Waals surface area (Å²) in [7, 11) is 1.49. The zero-order chi connectivity index (χ0) is 16.1. The van der Waals surface area contributed by atoms with Crippen molar-refractivity contribution >= 4 is 56.5 Å². The Morgan fingerprint density at radius 1 is 1.45 bits per heavy atom. The van der Waals surface area contributed by atoms with Crippen LogP contribution in [0, 0.1) is 11.3 Å². The Hall–Kier alpha value is -1.81. The summed E-state index contributed by atoms with van der Waals surface area (Å²) in [5, 5.41) is 12.3. The van der Waals surface area contributed by atoms with E-state index in [2.05, 4.69) is 21.2 Å². The van der Waals surface area contributed by atoms with Gasteiger partial charge < -0.3 is 10.1 Å². The molecule has 0 aliphatic carbocycles. The highest BCUT2D eigenvalue weighted by Gasteiger charge is 2.13. The largest absolute Gasteiger partial charge is 0.495 e. The summed E-state index contributed by atoms with van der Waals surface area (Å²) >= 11 is 10.7. The average Bonchev–Trinajstić information content (AvgIpc) is 2.90. The zero-order valence-corrected chi connectivity index (χ0v) is 14.6. The van der Waals surface area contributed by atoms with Crippen molar-refractivity contribution in [2.75, 3.05) is 12.4 Å². The molecule has 7 heteroatoms. The number of nitrogens with zero attached hydrogens (tertiary/aromatic N) is 1. The summed E-state index contributed by atoms with van der Waals surface area (Å²) in [6.07, 6.45) is 1.53. The molecule has 0 spiro atoms. The minimum absolute atomic E-state index is 0.00335. The normalized spacial score (nSPS) is 10.9. The molecule has 4 nitrogen and oxygen atoms in total. The second kappa shape index (κ2) is 7.45. The molecule has 0 fully saturated rings. The van der Waals surface area contributed by atoms with E-state index in [1.54, 1.807) is 18.2 Å². The second-order valence-electron chi connectivity index (χ2n) is 4.11. The molecule has 1 aromatic heterocycles. The van der Waals surface area contributed by atoms with Crippen LogP contribution in [0.5, 0.6) is 5.75 Å². The number of carbonyl (C=O) groups excluding carboxylic acids is 1. The van der Waals surface area contributed by atoms with Gasteiger partial charge in [-0.3, -0.25) is 4.79 Å². The fraction of sp³-hybridized carbons (Fsp3) is 0.0667. The first-order valence-corrected chi connectivity index (χ1v) is 8.04. The van der Waals surface area contributed by atoms with Crippen LogP contribution in [-0.4, -0.2) is 13.0 Å². The Labute approximate surface area is 145 Å². The highest BCUT2D eigenvalue weighted by atomic mass is 79.9. The first-order valence-electron chi connectivity index (χ1n) is 6.05. The number of benzene rings is 1. The molecule has 0 bridgehead atoms. The molecule has 0 saturated carbocycles. The summed E-state index contributed by atoms with van der Waals surface area (Å²) in [6, 6.07) is 10.4. The lowest BCUT2D eigenvalue weighted by atomic mass is 10.2. The van der Waals surface area contributed by atoms with Gasteiger partial charge in [0.25, 0.3) is 5.91 Å². The van der Waals surface area contributed by atoms with Gasteiger partial charge in [-0.05, 0) is 52.3 Å². The molecule has 22 heavy (non-hydrogen) atoms. The van der Waals surface area contributed by atoms with E-state index in [-0.39, 0.29) is 5.57 Å². The Morgan fingerprint density at radius 2 is 2.23 bits per heavy atom. The lowest BCUT2D eigenvalue weighted by molar-refractivity contribution is -0.112. The molecule has 0 atom stereocenters.